The van der Waals surface area contributed by atoms with Gasteiger partial charge < -0.3 is 10.2 Å². The van der Waals surface area contributed by atoms with Gasteiger partial charge in [0.25, 0.3) is 0 Å². The summed E-state index contributed by atoms with van der Waals surface area (Å²) in [6.45, 7) is 1.95. The summed E-state index contributed by atoms with van der Waals surface area (Å²) in [5.41, 5.74) is 1.02. The standard InChI is InChI=1S/C18H23N5O2/c24-17(8-4-11-23-14-19-13-20-23)21-16(15-6-2-1-3-7-15)12-22-10-5-9-18(22)25/h1-3,6-7,13-14,16H,4-5,8-12H2,(H,21,24). The number of aromatic nitrogens is 3. The third-order valence-corrected chi connectivity index (χ3v) is 4.37. The average Bonchev–Trinajstić information content (AvgIpc) is 3.27. The molecule has 1 saturated heterocycles. The first kappa shape index (κ1) is 17.1. The second-order valence-electron chi connectivity index (χ2n) is 6.24. The molecule has 2 amide bonds. The number of carbonyl (C=O) groups is 2. The molecule has 2 aromatic rings. The molecule has 1 aliphatic rings. The topological polar surface area (TPSA) is 80.1 Å². The van der Waals surface area contributed by atoms with Gasteiger partial charge in [0.05, 0.1) is 6.04 Å². The largest absolute Gasteiger partial charge is 0.348 e. The molecule has 1 fully saturated rings. The summed E-state index contributed by atoms with van der Waals surface area (Å²) in [6, 6.07) is 9.64. The Balaban J connectivity index is 1.56. The molecular formula is C18H23N5O2. The normalized spacial score (nSPS) is 15.4. The van der Waals surface area contributed by atoms with Crippen LogP contribution in [0, 0.1) is 0 Å². The van der Waals surface area contributed by atoms with Crippen molar-refractivity contribution in [2.75, 3.05) is 13.1 Å². The lowest BCUT2D eigenvalue weighted by atomic mass is 10.1. The summed E-state index contributed by atoms with van der Waals surface area (Å²) in [7, 11) is 0. The predicted molar refractivity (Wildman–Crippen MR) is 92.4 cm³/mol. The van der Waals surface area contributed by atoms with Crippen molar-refractivity contribution in [1.82, 2.24) is 25.0 Å². The maximum Gasteiger partial charge on any atom is 0.222 e. The van der Waals surface area contributed by atoms with Gasteiger partial charge in [-0.2, -0.15) is 5.10 Å². The zero-order chi connectivity index (χ0) is 17.5. The third kappa shape index (κ3) is 4.89. The fraction of sp³-hybridized carbons (Fsp3) is 0.444. The van der Waals surface area contributed by atoms with E-state index in [-0.39, 0.29) is 17.9 Å². The van der Waals surface area contributed by atoms with E-state index in [9.17, 15) is 9.59 Å². The van der Waals surface area contributed by atoms with Crippen molar-refractivity contribution < 1.29 is 9.59 Å². The number of benzene rings is 1. The summed E-state index contributed by atoms with van der Waals surface area (Å²) < 4.78 is 1.71. The molecule has 2 heterocycles. The van der Waals surface area contributed by atoms with Crippen LogP contribution in [0.25, 0.3) is 0 Å². The quantitative estimate of drug-likeness (QED) is 0.790. The van der Waals surface area contributed by atoms with Crippen molar-refractivity contribution in [3.63, 3.8) is 0 Å². The Hall–Kier alpha value is -2.70. The van der Waals surface area contributed by atoms with Crippen LogP contribution in [0.5, 0.6) is 0 Å². The number of rotatable bonds is 8. The van der Waals surface area contributed by atoms with Crippen molar-refractivity contribution in [2.45, 2.75) is 38.3 Å². The zero-order valence-electron chi connectivity index (χ0n) is 14.2. The molecule has 132 valence electrons. The number of aryl methyl sites for hydroxylation is 1. The Kier molecular flexibility index (Phi) is 5.77. The maximum atomic E-state index is 12.4. The lowest BCUT2D eigenvalue weighted by Gasteiger charge is -2.25. The van der Waals surface area contributed by atoms with E-state index >= 15 is 0 Å². The van der Waals surface area contributed by atoms with E-state index in [1.54, 1.807) is 11.0 Å². The number of hydrogen-bond acceptors (Lipinski definition) is 4. The number of nitrogens with zero attached hydrogens (tertiary/aromatic N) is 4. The first-order valence-corrected chi connectivity index (χ1v) is 8.67. The van der Waals surface area contributed by atoms with E-state index in [0.29, 0.717) is 32.4 Å². The van der Waals surface area contributed by atoms with E-state index in [1.807, 2.05) is 35.2 Å². The molecule has 0 radical (unpaired) electrons. The molecule has 0 spiro atoms. The highest BCUT2D eigenvalue weighted by Crippen LogP contribution is 2.18. The van der Waals surface area contributed by atoms with E-state index in [1.165, 1.54) is 6.33 Å². The summed E-state index contributed by atoms with van der Waals surface area (Å²) in [4.78, 5) is 30.0. The Morgan fingerprint density at radius 3 is 2.80 bits per heavy atom. The first-order valence-electron chi connectivity index (χ1n) is 8.67. The molecule has 1 aliphatic heterocycles. The molecule has 1 aromatic heterocycles. The van der Waals surface area contributed by atoms with Gasteiger partial charge in [0.2, 0.25) is 11.8 Å². The number of nitrogens with one attached hydrogen (secondary N) is 1. The molecule has 0 saturated carbocycles. The Morgan fingerprint density at radius 2 is 2.12 bits per heavy atom. The van der Waals surface area contributed by atoms with Gasteiger partial charge in [0, 0.05) is 32.5 Å². The van der Waals surface area contributed by atoms with Crippen LogP contribution >= 0.6 is 0 Å². The molecule has 7 nitrogen and oxygen atoms in total. The molecule has 7 heteroatoms. The highest BCUT2D eigenvalue weighted by molar-refractivity contribution is 5.79. The van der Waals surface area contributed by atoms with Gasteiger partial charge in [-0.1, -0.05) is 30.3 Å². The van der Waals surface area contributed by atoms with E-state index < -0.39 is 0 Å². The lowest BCUT2D eigenvalue weighted by molar-refractivity contribution is -0.129. The Labute approximate surface area is 147 Å². The first-order chi connectivity index (χ1) is 12.2. The van der Waals surface area contributed by atoms with Crippen molar-refractivity contribution in [3.05, 3.63) is 48.5 Å². The molecule has 1 unspecified atom stereocenters. The predicted octanol–water partition coefficient (Wildman–Crippen LogP) is 1.54. The van der Waals surface area contributed by atoms with Crippen LogP contribution in [-0.2, 0) is 16.1 Å². The van der Waals surface area contributed by atoms with E-state index in [4.69, 9.17) is 0 Å². The van der Waals surface area contributed by atoms with Gasteiger partial charge in [0.15, 0.2) is 0 Å². The Morgan fingerprint density at radius 1 is 1.28 bits per heavy atom. The smallest absolute Gasteiger partial charge is 0.222 e. The minimum atomic E-state index is -0.179. The highest BCUT2D eigenvalue weighted by Gasteiger charge is 2.25. The number of carbonyl (C=O) groups excluding carboxylic acids is 2. The Bertz CT molecular complexity index is 687. The van der Waals surface area contributed by atoms with Gasteiger partial charge in [-0.15, -0.1) is 0 Å². The van der Waals surface area contributed by atoms with Gasteiger partial charge in [-0.25, -0.2) is 4.98 Å². The average molecular weight is 341 g/mol. The molecule has 0 aliphatic carbocycles. The van der Waals surface area contributed by atoms with Gasteiger partial charge in [-0.05, 0) is 18.4 Å². The molecule has 1 atom stereocenters. The zero-order valence-corrected chi connectivity index (χ0v) is 14.2. The monoisotopic (exact) mass is 341 g/mol. The van der Waals surface area contributed by atoms with Crippen LogP contribution in [-0.4, -0.2) is 44.6 Å². The highest BCUT2D eigenvalue weighted by atomic mass is 16.2. The summed E-state index contributed by atoms with van der Waals surface area (Å²) in [5, 5.41) is 7.11. The number of amides is 2. The number of likely N-dealkylation sites (tertiary alicyclic amines) is 1. The number of hydrogen-bond donors (Lipinski definition) is 1. The fourth-order valence-corrected chi connectivity index (χ4v) is 3.05. The third-order valence-electron chi connectivity index (χ3n) is 4.37. The molecule has 1 aromatic carbocycles. The molecule has 0 bridgehead atoms. The summed E-state index contributed by atoms with van der Waals surface area (Å²) in [6.07, 6.45) is 5.73. The van der Waals surface area contributed by atoms with Crippen molar-refractivity contribution in [1.29, 1.82) is 0 Å². The summed E-state index contributed by atoms with van der Waals surface area (Å²) >= 11 is 0. The SMILES string of the molecule is O=C(CCCn1cncn1)NC(CN1CCCC1=O)c1ccccc1. The van der Waals surface area contributed by atoms with Gasteiger partial charge in [-0.3, -0.25) is 14.3 Å². The van der Waals surface area contributed by atoms with Gasteiger partial charge >= 0.3 is 0 Å². The van der Waals surface area contributed by atoms with Crippen LogP contribution in [0.15, 0.2) is 43.0 Å². The van der Waals surface area contributed by atoms with Crippen LogP contribution < -0.4 is 5.32 Å². The molecular weight excluding hydrogens is 318 g/mol. The minimum Gasteiger partial charge on any atom is -0.348 e. The molecule has 25 heavy (non-hydrogen) atoms. The van der Waals surface area contributed by atoms with Gasteiger partial charge in [0.1, 0.15) is 12.7 Å². The van der Waals surface area contributed by atoms with Crippen molar-refractivity contribution >= 4 is 11.8 Å². The van der Waals surface area contributed by atoms with Crippen LogP contribution in [0.4, 0.5) is 0 Å². The minimum absolute atomic E-state index is 0.0133. The molecule has 3 rings (SSSR count). The van der Waals surface area contributed by atoms with Crippen molar-refractivity contribution in [2.24, 2.45) is 0 Å². The van der Waals surface area contributed by atoms with Crippen LogP contribution in [0.1, 0.15) is 37.3 Å². The molecule has 1 N–H and O–H groups in total. The van der Waals surface area contributed by atoms with Crippen LogP contribution in [0.3, 0.4) is 0 Å². The van der Waals surface area contributed by atoms with Crippen molar-refractivity contribution in [3.8, 4) is 0 Å². The lowest BCUT2D eigenvalue weighted by Crippen LogP contribution is -2.38. The second kappa shape index (κ2) is 8.41. The van der Waals surface area contributed by atoms with E-state index in [0.717, 1.165) is 18.5 Å². The van der Waals surface area contributed by atoms with Crippen LogP contribution in [0.2, 0.25) is 0 Å². The maximum absolute atomic E-state index is 12.4. The fourth-order valence-electron chi connectivity index (χ4n) is 3.05. The second-order valence-corrected chi connectivity index (χ2v) is 6.24. The summed E-state index contributed by atoms with van der Waals surface area (Å²) in [5.74, 6) is 0.155. The van der Waals surface area contributed by atoms with E-state index in [2.05, 4.69) is 15.4 Å².